The smallest absolute Gasteiger partial charge is 0.244 e. The molecule has 0 aromatic carbocycles. The van der Waals surface area contributed by atoms with Crippen molar-refractivity contribution in [1.29, 1.82) is 0 Å². The van der Waals surface area contributed by atoms with E-state index in [1.165, 1.54) is 0 Å². The molecule has 0 amide bonds. The van der Waals surface area contributed by atoms with Gasteiger partial charge in [0.25, 0.3) is 0 Å². The summed E-state index contributed by atoms with van der Waals surface area (Å²) in [6.45, 7) is 1.38. The fourth-order valence-electron chi connectivity index (χ4n) is 2.49. The molecule has 9 heteroatoms. The minimum atomic E-state index is 0.0530. The number of fused-ring (bicyclic) bond motifs is 1. The number of rotatable bonds is 3. The van der Waals surface area contributed by atoms with Gasteiger partial charge in [-0.05, 0) is 0 Å². The number of nitrogens with two attached hydrogens (primary N) is 1. The van der Waals surface area contributed by atoms with Gasteiger partial charge in [-0.25, -0.2) is 4.98 Å². The van der Waals surface area contributed by atoms with E-state index in [1.807, 2.05) is 0 Å². The van der Waals surface area contributed by atoms with E-state index in [9.17, 15) is 0 Å². The van der Waals surface area contributed by atoms with Crippen LogP contribution in [-0.4, -0.2) is 49.1 Å². The van der Waals surface area contributed by atoms with Gasteiger partial charge in [0.1, 0.15) is 11.8 Å². The van der Waals surface area contributed by atoms with E-state index in [1.54, 1.807) is 23.1 Å². The van der Waals surface area contributed by atoms with E-state index in [2.05, 4.69) is 25.3 Å². The summed E-state index contributed by atoms with van der Waals surface area (Å²) in [7, 11) is 0. The second-order valence-corrected chi connectivity index (χ2v) is 5.07. The summed E-state index contributed by atoms with van der Waals surface area (Å²) >= 11 is 0. The van der Waals surface area contributed by atoms with Crippen molar-refractivity contribution in [1.82, 2.24) is 29.8 Å². The van der Waals surface area contributed by atoms with Crippen molar-refractivity contribution in [3.05, 3.63) is 18.6 Å². The number of hydrogen-bond donors (Lipinski definition) is 2. The summed E-state index contributed by atoms with van der Waals surface area (Å²) in [5.74, 6) is 0.706. The summed E-state index contributed by atoms with van der Waals surface area (Å²) in [6.07, 6.45) is 6.76. The highest BCUT2D eigenvalue weighted by Gasteiger charge is 2.22. The van der Waals surface area contributed by atoms with Crippen LogP contribution in [0.2, 0.25) is 0 Å². The second kappa shape index (κ2) is 5.26. The topological polar surface area (TPSA) is 116 Å². The Morgan fingerprint density at radius 3 is 2.95 bits per heavy atom. The molecule has 1 fully saturated rings. The van der Waals surface area contributed by atoms with Crippen molar-refractivity contribution >= 4 is 11.6 Å². The van der Waals surface area contributed by atoms with E-state index in [0.29, 0.717) is 30.4 Å². The van der Waals surface area contributed by atoms with Gasteiger partial charge in [-0.1, -0.05) is 0 Å². The maximum atomic E-state index is 6.16. The number of ether oxygens (including phenoxy) is 2. The maximum Gasteiger partial charge on any atom is 0.244 e. The van der Waals surface area contributed by atoms with Gasteiger partial charge in [0.05, 0.1) is 25.6 Å². The molecule has 0 spiro atoms. The number of anilines is 1. The number of nitrogen functional groups attached to an aromatic ring is 1. The van der Waals surface area contributed by atoms with E-state index >= 15 is 0 Å². The van der Waals surface area contributed by atoms with Crippen LogP contribution in [0, 0.1) is 0 Å². The molecule has 3 N–H and O–H groups in total. The molecule has 0 aliphatic carbocycles. The number of hydrogen-bond acceptors (Lipinski definition) is 7. The van der Waals surface area contributed by atoms with Crippen LogP contribution in [0.4, 0.5) is 5.95 Å². The minimum Gasteiger partial charge on any atom is -0.473 e. The molecule has 0 radical (unpaired) electrons. The number of aromatic nitrogens is 6. The third-order valence-corrected chi connectivity index (χ3v) is 3.57. The van der Waals surface area contributed by atoms with Crippen molar-refractivity contribution in [2.45, 2.75) is 18.9 Å². The Morgan fingerprint density at radius 2 is 2.18 bits per heavy atom. The van der Waals surface area contributed by atoms with Crippen molar-refractivity contribution in [3.63, 3.8) is 0 Å². The SMILES string of the molecule is Nc1nc2cnc(-c3cn[nH]c3)c(OC3CCOCC3)n2n1. The highest BCUT2D eigenvalue weighted by Crippen LogP contribution is 2.29. The largest absolute Gasteiger partial charge is 0.473 e. The molecule has 4 rings (SSSR count). The lowest BCUT2D eigenvalue weighted by molar-refractivity contribution is 0.0229. The van der Waals surface area contributed by atoms with Gasteiger partial charge in [0, 0.05) is 24.6 Å². The first-order chi connectivity index (χ1) is 10.8. The molecule has 0 atom stereocenters. The molecule has 1 aliphatic heterocycles. The van der Waals surface area contributed by atoms with Crippen LogP contribution in [0.25, 0.3) is 16.9 Å². The molecular formula is C13H15N7O2. The molecule has 3 aromatic heterocycles. The average Bonchev–Trinajstić information content (AvgIpc) is 3.17. The quantitative estimate of drug-likeness (QED) is 0.729. The van der Waals surface area contributed by atoms with Crippen LogP contribution in [0.15, 0.2) is 18.6 Å². The predicted molar refractivity (Wildman–Crippen MR) is 77.2 cm³/mol. The molecule has 0 saturated carbocycles. The molecular weight excluding hydrogens is 286 g/mol. The first-order valence-corrected chi connectivity index (χ1v) is 7.06. The van der Waals surface area contributed by atoms with Gasteiger partial charge in [-0.15, -0.1) is 5.10 Å². The molecule has 3 aromatic rings. The second-order valence-electron chi connectivity index (χ2n) is 5.07. The first-order valence-electron chi connectivity index (χ1n) is 7.06. The van der Waals surface area contributed by atoms with Gasteiger partial charge in [-0.3, -0.25) is 5.10 Å². The molecule has 9 nitrogen and oxygen atoms in total. The zero-order chi connectivity index (χ0) is 14.9. The van der Waals surface area contributed by atoms with Crippen molar-refractivity contribution in [3.8, 4) is 17.1 Å². The number of nitrogens with one attached hydrogen (secondary N) is 1. The Balaban J connectivity index is 1.82. The summed E-state index contributed by atoms with van der Waals surface area (Å²) < 4.78 is 13.1. The highest BCUT2D eigenvalue weighted by atomic mass is 16.5. The zero-order valence-corrected chi connectivity index (χ0v) is 11.8. The van der Waals surface area contributed by atoms with Gasteiger partial charge < -0.3 is 15.2 Å². The third-order valence-electron chi connectivity index (χ3n) is 3.57. The van der Waals surface area contributed by atoms with Gasteiger partial charge in [-0.2, -0.15) is 14.6 Å². The molecule has 0 bridgehead atoms. The normalized spacial score (nSPS) is 16.2. The molecule has 4 heterocycles. The minimum absolute atomic E-state index is 0.0530. The molecule has 22 heavy (non-hydrogen) atoms. The summed E-state index contributed by atoms with van der Waals surface area (Å²) in [6, 6.07) is 0. The van der Waals surface area contributed by atoms with Crippen LogP contribution in [0.5, 0.6) is 5.88 Å². The van der Waals surface area contributed by atoms with Crippen LogP contribution in [0.3, 0.4) is 0 Å². The number of nitrogens with zero attached hydrogens (tertiary/aromatic N) is 5. The summed E-state index contributed by atoms with van der Waals surface area (Å²) in [5, 5.41) is 10.9. The van der Waals surface area contributed by atoms with Crippen molar-refractivity contribution < 1.29 is 9.47 Å². The number of aromatic amines is 1. The van der Waals surface area contributed by atoms with E-state index in [-0.39, 0.29) is 12.1 Å². The Morgan fingerprint density at radius 1 is 1.32 bits per heavy atom. The predicted octanol–water partition coefficient (Wildman–Crippen LogP) is 0.654. The molecule has 114 valence electrons. The highest BCUT2D eigenvalue weighted by molar-refractivity contribution is 5.65. The van der Waals surface area contributed by atoms with Crippen LogP contribution in [-0.2, 0) is 4.74 Å². The van der Waals surface area contributed by atoms with E-state index < -0.39 is 0 Å². The average molecular weight is 301 g/mol. The molecule has 1 saturated heterocycles. The Kier molecular flexibility index (Phi) is 3.11. The Labute approximate surface area is 125 Å². The van der Waals surface area contributed by atoms with Gasteiger partial charge in [0.2, 0.25) is 11.8 Å². The monoisotopic (exact) mass is 301 g/mol. The van der Waals surface area contributed by atoms with Gasteiger partial charge >= 0.3 is 0 Å². The standard InChI is InChI=1S/C13H15N7O2/c14-13-18-10-7-15-11(8-5-16-17-6-8)12(20(10)19-13)22-9-1-3-21-4-2-9/h5-7,9H,1-4H2,(H2,14,19)(H,16,17). The molecule has 0 unspecified atom stereocenters. The van der Waals surface area contributed by atoms with Crippen LogP contribution < -0.4 is 10.5 Å². The lowest BCUT2D eigenvalue weighted by Gasteiger charge is -2.24. The van der Waals surface area contributed by atoms with Crippen LogP contribution >= 0.6 is 0 Å². The fourth-order valence-corrected chi connectivity index (χ4v) is 2.49. The maximum absolute atomic E-state index is 6.16. The lowest BCUT2D eigenvalue weighted by Crippen LogP contribution is -2.27. The van der Waals surface area contributed by atoms with E-state index in [4.69, 9.17) is 15.2 Å². The van der Waals surface area contributed by atoms with Crippen molar-refractivity contribution in [2.75, 3.05) is 18.9 Å². The Bertz CT molecular complexity index is 777. The van der Waals surface area contributed by atoms with Crippen LogP contribution in [0.1, 0.15) is 12.8 Å². The summed E-state index contributed by atoms with van der Waals surface area (Å²) in [4.78, 5) is 8.56. The molecule has 1 aliphatic rings. The van der Waals surface area contributed by atoms with Crippen molar-refractivity contribution in [2.24, 2.45) is 0 Å². The fraction of sp³-hybridized carbons (Fsp3) is 0.385. The number of H-pyrrole nitrogens is 1. The first kappa shape index (κ1) is 13.0. The third kappa shape index (κ3) is 2.25. The zero-order valence-electron chi connectivity index (χ0n) is 11.8. The van der Waals surface area contributed by atoms with Gasteiger partial charge in [0.15, 0.2) is 5.65 Å². The summed E-state index contributed by atoms with van der Waals surface area (Å²) in [5.41, 5.74) is 7.71. The lowest BCUT2D eigenvalue weighted by atomic mass is 10.1. The van der Waals surface area contributed by atoms with E-state index in [0.717, 1.165) is 18.4 Å². The Hall–Kier alpha value is -2.68.